The molecule has 1 saturated heterocycles. The molecule has 1 amide bonds. The van der Waals surface area contributed by atoms with Gasteiger partial charge in [0.2, 0.25) is 5.91 Å². The van der Waals surface area contributed by atoms with Gasteiger partial charge >= 0.3 is 0 Å². The van der Waals surface area contributed by atoms with Crippen LogP contribution in [-0.2, 0) is 9.59 Å². The number of likely N-dealkylation sites (tertiary alicyclic amines) is 1. The Morgan fingerprint density at radius 1 is 1.12 bits per heavy atom. The van der Waals surface area contributed by atoms with Gasteiger partial charge in [-0.1, -0.05) is 44.2 Å². The van der Waals surface area contributed by atoms with Crippen molar-refractivity contribution in [3.63, 3.8) is 0 Å². The lowest BCUT2D eigenvalue weighted by molar-refractivity contribution is -0.131. The van der Waals surface area contributed by atoms with Gasteiger partial charge in [0.15, 0.2) is 5.78 Å². The molecule has 1 N–H and O–H groups in total. The van der Waals surface area contributed by atoms with E-state index in [1.807, 2.05) is 44.2 Å². The highest BCUT2D eigenvalue weighted by atomic mass is 16.3. The maximum absolute atomic E-state index is 12.7. The van der Waals surface area contributed by atoms with E-state index >= 15 is 0 Å². The van der Waals surface area contributed by atoms with Crippen LogP contribution in [0.25, 0.3) is 5.57 Å². The lowest BCUT2D eigenvalue weighted by atomic mass is 9.79. The highest BCUT2D eigenvalue weighted by molar-refractivity contribution is 6.10. The van der Waals surface area contributed by atoms with Crippen molar-refractivity contribution in [1.29, 1.82) is 0 Å². The molecule has 0 radical (unpaired) electrons. The van der Waals surface area contributed by atoms with E-state index in [2.05, 4.69) is 0 Å². The van der Waals surface area contributed by atoms with Gasteiger partial charge in [-0.2, -0.15) is 0 Å². The molecular weight excluding hydrogens is 302 g/mol. The molecule has 4 nitrogen and oxygen atoms in total. The summed E-state index contributed by atoms with van der Waals surface area (Å²) < 4.78 is 0. The highest BCUT2D eigenvalue weighted by Crippen LogP contribution is 2.40. The number of Topliss-reactive ketones (excluding diaryl/α,β-unsaturated/α-hetero) is 1. The van der Waals surface area contributed by atoms with Gasteiger partial charge in [-0.25, -0.2) is 0 Å². The van der Waals surface area contributed by atoms with Crippen LogP contribution < -0.4 is 0 Å². The van der Waals surface area contributed by atoms with E-state index in [-0.39, 0.29) is 23.5 Å². The third kappa shape index (κ3) is 2.91. The summed E-state index contributed by atoms with van der Waals surface area (Å²) in [5.74, 6) is 0.00644. The lowest BCUT2D eigenvalue weighted by Crippen LogP contribution is -2.40. The van der Waals surface area contributed by atoms with Crippen LogP contribution in [0.5, 0.6) is 0 Å². The number of carbonyl (C=O) groups excluding carboxylic acids is 2. The van der Waals surface area contributed by atoms with E-state index in [4.69, 9.17) is 0 Å². The number of amides is 1. The summed E-state index contributed by atoms with van der Waals surface area (Å²) in [5.41, 5.74) is 1.42. The number of carbonyl (C=O) groups is 2. The Labute approximate surface area is 143 Å². The van der Waals surface area contributed by atoms with Crippen LogP contribution in [0.2, 0.25) is 0 Å². The SMILES string of the molecule is CC1(C)CN(C(=O)CC2=C(c3ccccc3)CCC2=O)CC1(C)O. The molecule has 4 heteroatoms. The maximum atomic E-state index is 12.7. The molecule has 1 unspecified atom stereocenters. The summed E-state index contributed by atoms with van der Waals surface area (Å²) in [6.07, 6.45) is 1.32. The van der Waals surface area contributed by atoms with Gasteiger partial charge in [-0.15, -0.1) is 0 Å². The highest BCUT2D eigenvalue weighted by Gasteiger charge is 2.49. The first kappa shape index (κ1) is 16.9. The van der Waals surface area contributed by atoms with Crippen molar-refractivity contribution >= 4 is 17.3 Å². The topological polar surface area (TPSA) is 57.6 Å². The summed E-state index contributed by atoms with van der Waals surface area (Å²) in [5, 5.41) is 10.5. The van der Waals surface area contributed by atoms with Gasteiger partial charge in [0.1, 0.15) is 0 Å². The fraction of sp³-hybridized carbons (Fsp3) is 0.500. The third-order valence-corrected chi connectivity index (χ3v) is 5.65. The van der Waals surface area contributed by atoms with Crippen LogP contribution >= 0.6 is 0 Å². The second kappa shape index (κ2) is 5.85. The summed E-state index contributed by atoms with van der Waals surface area (Å²) in [4.78, 5) is 26.7. The largest absolute Gasteiger partial charge is 0.388 e. The summed E-state index contributed by atoms with van der Waals surface area (Å²) in [7, 11) is 0. The lowest BCUT2D eigenvalue weighted by Gasteiger charge is -2.30. The summed E-state index contributed by atoms with van der Waals surface area (Å²) in [6, 6.07) is 9.82. The molecule has 2 aliphatic rings. The van der Waals surface area contributed by atoms with Crippen LogP contribution in [-0.4, -0.2) is 40.4 Å². The number of aliphatic hydroxyl groups is 1. The van der Waals surface area contributed by atoms with Crippen LogP contribution in [0.3, 0.4) is 0 Å². The monoisotopic (exact) mass is 327 g/mol. The number of benzene rings is 1. The zero-order valence-electron chi connectivity index (χ0n) is 14.6. The minimum Gasteiger partial charge on any atom is -0.388 e. The molecule has 1 atom stereocenters. The molecule has 3 rings (SSSR count). The Kier molecular flexibility index (Phi) is 4.12. The maximum Gasteiger partial charge on any atom is 0.227 e. The minimum atomic E-state index is -0.904. The Morgan fingerprint density at radius 2 is 1.79 bits per heavy atom. The second-order valence-corrected chi connectivity index (χ2v) is 7.83. The molecule has 1 aromatic carbocycles. The number of rotatable bonds is 3. The predicted molar refractivity (Wildman–Crippen MR) is 93.2 cm³/mol. The van der Waals surface area contributed by atoms with E-state index in [0.717, 1.165) is 11.1 Å². The normalized spacial score (nSPS) is 26.3. The minimum absolute atomic E-state index is 0.0699. The van der Waals surface area contributed by atoms with Crippen LogP contribution in [0, 0.1) is 5.41 Å². The number of β-amino-alcohol motifs (C(OH)–C–C–N with tert-alkyl or cyclic N) is 1. The number of hydrogen-bond acceptors (Lipinski definition) is 3. The van der Waals surface area contributed by atoms with E-state index in [0.29, 0.717) is 31.5 Å². The van der Waals surface area contributed by atoms with Crippen molar-refractivity contribution < 1.29 is 14.7 Å². The Hall–Kier alpha value is -1.94. The van der Waals surface area contributed by atoms with E-state index in [1.54, 1.807) is 11.8 Å². The van der Waals surface area contributed by atoms with Crippen molar-refractivity contribution in [2.24, 2.45) is 5.41 Å². The van der Waals surface area contributed by atoms with Gasteiger partial charge in [0, 0.05) is 30.5 Å². The molecule has 0 aromatic heterocycles. The average molecular weight is 327 g/mol. The van der Waals surface area contributed by atoms with Gasteiger partial charge in [0.05, 0.1) is 12.0 Å². The van der Waals surface area contributed by atoms with Crippen molar-refractivity contribution in [3.8, 4) is 0 Å². The van der Waals surface area contributed by atoms with Gasteiger partial charge in [-0.3, -0.25) is 9.59 Å². The van der Waals surface area contributed by atoms with E-state index in [9.17, 15) is 14.7 Å². The van der Waals surface area contributed by atoms with Crippen molar-refractivity contribution in [2.45, 2.75) is 45.6 Å². The van der Waals surface area contributed by atoms with Crippen LogP contribution in [0.15, 0.2) is 35.9 Å². The van der Waals surface area contributed by atoms with Crippen molar-refractivity contribution in [1.82, 2.24) is 4.90 Å². The summed E-state index contributed by atoms with van der Waals surface area (Å²) in [6.45, 7) is 6.54. The molecular formula is C20H25NO3. The zero-order valence-corrected chi connectivity index (χ0v) is 14.6. The third-order valence-electron chi connectivity index (χ3n) is 5.65. The number of nitrogens with zero attached hydrogens (tertiary/aromatic N) is 1. The molecule has 128 valence electrons. The predicted octanol–water partition coefficient (Wildman–Crippen LogP) is 2.81. The molecule has 1 aliphatic carbocycles. The Morgan fingerprint density at radius 3 is 2.38 bits per heavy atom. The first-order valence-electron chi connectivity index (χ1n) is 8.52. The molecule has 1 heterocycles. The average Bonchev–Trinajstić information content (AvgIpc) is 2.98. The summed E-state index contributed by atoms with van der Waals surface area (Å²) >= 11 is 0. The number of hydrogen-bond donors (Lipinski definition) is 1. The first-order chi connectivity index (χ1) is 11.2. The molecule has 1 aliphatic heterocycles. The van der Waals surface area contributed by atoms with Crippen LogP contribution in [0.4, 0.5) is 0 Å². The Bertz CT molecular complexity index is 685. The van der Waals surface area contributed by atoms with Gasteiger partial charge < -0.3 is 10.0 Å². The molecule has 24 heavy (non-hydrogen) atoms. The molecule has 0 spiro atoms. The fourth-order valence-electron chi connectivity index (χ4n) is 3.60. The molecule has 0 bridgehead atoms. The molecule has 0 saturated carbocycles. The fourth-order valence-corrected chi connectivity index (χ4v) is 3.60. The van der Waals surface area contributed by atoms with Gasteiger partial charge in [-0.05, 0) is 24.5 Å². The van der Waals surface area contributed by atoms with Crippen molar-refractivity contribution in [3.05, 3.63) is 41.5 Å². The Balaban J connectivity index is 1.82. The molecule has 1 aromatic rings. The quantitative estimate of drug-likeness (QED) is 0.929. The smallest absolute Gasteiger partial charge is 0.227 e. The second-order valence-electron chi connectivity index (χ2n) is 7.83. The molecule has 1 fully saturated rings. The van der Waals surface area contributed by atoms with E-state index < -0.39 is 5.60 Å². The zero-order chi connectivity index (χ0) is 17.5. The number of ketones is 1. The first-order valence-corrected chi connectivity index (χ1v) is 8.52. The van der Waals surface area contributed by atoms with Crippen LogP contribution in [0.1, 0.15) is 45.6 Å². The van der Waals surface area contributed by atoms with E-state index in [1.165, 1.54) is 0 Å². The van der Waals surface area contributed by atoms with Gasteiger partial charge in [0.25, 0.3) is 0 Å². The standard InChI is InChI=1S/C20H25NO3/c1-19(2)12-21(13-20(19,3)24)18(23)11-16-15(9-10-17(16)22)14-7-5-4-6-8-14/h4-8,24H,9-13H2,1-3H3. The number of allylic oxidation sites excluding steroid dienone is 1. The van der Waals surface area contributed by atoms with Crippen molar-refractivity contribution in [2.75, 3.05) is 13.1 Å².